The molecule has 0 aliphatic carbocycles. The van der Waals surface area contributed by atoms with E-state index in [-0.39, 0.29) is 16.9 Å². The van der Waals surface area contributed by atoms with Crippen LogP contribution in [0.3, 0.4) is 0 Å². The number of hydrogen-bond donors (Lipinski definition) is 2. The third-order valence-electron chi connectivity index (χ3n) is 3.86. The summed E-state index contributed by atoms with van der Waals surface area (Å²) in [5.41, 5.74) is 0.0960. The molecule has 3 aromatic heterocycles. The summed E-state index contributed by atoms with van der Waals surface area (Å²) >= 11 is 0. The summed E-state index contributed by atoms with van der Waals surface area (Å²) in [5, 5.41) is 7.67. The number of halogens is 1. The average Bonchev–Trinajstić information content (AvgIpc) is 2.53. The molecule has 0 spiro atoms. The maximum atomic E-state index is 13.4. The van der Waals surface area contributed by atoms with Crippen LogP contribution in [0.25, 0.3) is 10.8 Å². The van der Waals surface area contributed by atoms with Crippen LogP contribution in [0.2, 0.25) is 0 Å². The molecule has 0 aliphatic rings. The first-order valence-electron chi connectivity index (χ1n) is 8.32. The highest BCUT2D eigenvalue weighted by molar-refractivity contribution is 5.93. The minimum absolute atomic E-state index is 0.121. The van der Waals surface area contributed by atoms with Crippen molar-refractivity contribution in [1.29, 1.82) is 0 Å². The molecule has 0 fully saturated rings. The van der Waals surface area contributed by atoms with Gasteiger partial charge in [0.2, 0.25) is 0 Å². The summed E-state index contributed by atoms with van der Waals surface area (Å²) in [6.45, 7) is 7.67. The highest BCUT2D eigenvalue weighted by Crippen LogP contribution is 2.26. The van der Waals surface area contributed by atoms with Gasteiger partial charge in [-0.3, -0.25) is 4.79 Å². The Morgan fingerprint density at radius 3 is 2.58 bits per heavy atom. The Kier molecular flexibility index (Phi) is 4.39. The Morgan fingerprint density at radius 2 is 1.92 bits per heavy atom. The highest BCUT2D eigenvalue weighted by atomic mass is 19.1. The van der Waals surface area contributed by atoms with Crippen LogP contribution < -0.4 is 16.2 Å². The SMILES string of the molecule is Cc1cc(Nc2cc3ccn(C)c(=O)c3c(NC(C)(C)C)n2)ncc1F. The third kappa shape index (κ3) is 3.66. The predicted molar refractivity (Wildman–Crippen MR) is 103 cm³/mol. The van der Waals surface area contributed by atoms with Crippen LogP contribution in [0.5, 0.6) is 0 Å². The molecule has 3 aromatic rings. The van der Waals surface area contributed by atoms with Crippen molar-refractivity contribution < 1.29 is 4.39 Å². The second kappa shape index (κ2) is 6.40. The molecule has 3 rings (SSSR count). The van der Waals surface area contributed by atoms with E-state index in [0.717, 1.165) is 5.39 Å². The van der Waals surface area contributed by atoms with Gasteiger partial charge in [-0.25, -0.2) is 14.4 Å². The van der Waals surface area contributed by atoms with Crippen LogP contribution in [0.1, 0.15) is 26.3 Å². The van der Waals surface area contributed by atoms with E-state index >= 15 is 0 Å². The van der Waals surface area contributed by atoms with Gasteiger partial charge in [0.1, 0.15) is 23.3 Å². The molecular weight excluding hydrogens is 333 g/mol. The molecule has 0 amide bonds. The van der Waals surface area contributed by atoms with Gasteiger partial charge >= 0.3 is 0 Å². The standard InChI is InChI=1S/C19H22FN5O/c1-11-8-14(21-10-13(11)20)22-15-9-12-6-7-25(5)18(26)16(12)17(23-15)24-19(2,3)4/h6-10H,1-5H3,(H2,21,22,23,24). The van der Waals surface area contributed by atoms with Crippen molar-refractivity contribution in [2.24, 2.45) is 7.05 Å². The molecular formula is C19H22FN5O. The second-order valence-corrected chi connectivity index (χ2v) is 7.37. The molecule has 0 aliphatic heterocycles. The van der Waals surface area contributed by atoms with Crippen molar-refractivity contribution >= 4 is 28.2 Å². The van der Waals surface area contributed by atoms with E-state index < -0.39 is 0 Å². The zero-order chi connectivity index (χ0) is 19.1. The van der Waals surface area contributed by atoms with Crippen molar-refractivity contribution in [2.45, 2.75) is 33.2 Å². The molecule has 0 unspecified atom stereocenters. The number of pyridine rings is 3. The fourth-order valence-electron chi connectivity index (χ4n) is 2.61. The molecule has 3 heterocycles. The van der Waals surface area contributed by atoms with E-state index in [4.69, 9.17) is 0 Å². The van der Waals surface area contributed by atoms with Gasteiger partial charge in [0, 0.05) is 18.8 Å². The summed E-state index contributed by atoms with van der Waals surface area (Å²) in [6.07, 6.45) is 2.89. The van der Waals surface area contributed by atoms with Crippen molar-refractivity contribution in [3.05, 3.63) is 52.3 Å². The lowest BCUT2D eigenvalue weighted by molar-refractivity contribution is 0.612. The van der Waals surface area contributed by atoms with Gasteiger partial charge in [-0.2, -0.15) is 0 Å². The number of fused-ring (bicyclic) bond motifs is 1. The Hall–Kier alpha value is -2.96. The minimum atomic E-state index is -0.361. The van der Waals surface area contributed by atoms with E-state index in [2.05, 4.69) is 20.6 Å². The molecule has 0 atom stereocenters. The number of nitrogens with zero attached hydrogens (tertiary/aromatic N) is 3. The number of hydrogen-bond acceptors (Lipinski definition) is 5. The number of nitrogens with one attached hydrogen (secondary N) is 2. The Bertz CT molecular complexity index is 1040. The second-order valence-electron chi connectivity index (χ2n) is 7.37. The van der Waals surface area contributed by atoms with Gasteiger partial charge in [0.15, 0.2) is 0 Å². The molecule has 136 valence electrons. The van der Waals surface area contributed by atoms with Gasteiger partial charge in [-0.15, -0.1) is 0 Å². The van der Waals surface area contributed by atoms with Crippen LogP contribution in [0.4, 0.5) is 21.8 Å². The fraction of sp³-hybridized carbons (Fsp3) is 0.316. The Morgan fingerprint density at radius 1 is 1.19 bits per heavy atom. The molecule has 0 saturated carbocycles. The van der Waals surface area contributed by atoms with E-state index in [0.29, 0.717) is 28.4 Å². The summed E-state index contributed by atoms with van der Waals surface area (Å²) in [4.78, 5) is 21.2. The van der Waals surface area contributed by atoms with Gasteiger partial charge in [0.25, 0.3) is 5.56 Å². The zero-order valence-corrected chi connectivity index (χ0v) is 15.5. The summed E-state index contributed by atoms with van der Waals surface area (Å²) in [6, 6.07) is 5.26. The van der Waals surface area contributed by atoms with E-state index in [1.54, 1.807) is 32.3 Å². The first-order chi connectivity index (χ1) is 12.1. The van der Waals surface area contributed by atoms with E-state index in [1.165, 1.54) is 10.8 Å². The normalized spacial score (nSPS) is 11.6. The van der Waals surface area contributed by atoms with Gasteiger partial charge in [-0.05, 0) is 56.8 Å². The lowest BCUT2D eigenvalue weighted by Crippen LogP contribution is -2.28. The van der Waals surface area contributed by atoms with Crippen LogP contribution in [-0.2, 0) is 7.05 Å². The molecule has 26 heavy (non-hydrogen) atoms. The quantitative estimate of drug-likeness (QED) is 0.749. The van der Waals surface area contributed by atoms with E-state index in [9.17, 15) is 9.18 Å². The Labute approximate surface area is 151 Å². The molecule has 0 bridgehead atoms. The van der Waals surface area contributed by atoms with Crippen molar-refractivity contribution in [2.75, 3.05) is 10.6 Å². The summed E-state index contributed by atoms with van der Waals surface area (Å²) < 4.78 is 14.9. The number of anilines is 3. The summed E-state index contributed by atoms with van der Waals surface area (Å²) in [5.74, 6) is 1.15. The zero-order valence-electron chi connectivity index (χ0n) is 15.5. The lowest BCUT2D eigenvalue weighted by Gasteiger charge is -2.23. The number of rotatable bonds is 3. The number of aryl methyl sites for hydroxylation is 2. The molecule has 2 N–H and O–H groups in total. The van der Waals surface area contributed by atoms with Gasteiger partial charge in [0.05, 0.1) is 11.6 Å². The molecule has 0 aromatic carbocycles. The van der Waals surface area contributed by atoms with Crippen molar-refractivity contribution in [3.63, 3.8) is 0 Å². The van der Waals surface area contributed by atoms with E-state index in [1.807, 2.05) is 26.8 Å². The van der Waals surface area contributed by atoms with Crippen molar-refractivity contribution in [1.82, 2.24) is 14.5 Å². The average molecular weight is 355 g/mol. The van der Waals surface area contributed by atoms with Crippen LogP contribution >= 0.6 is 0 Å². The predicted octanol–water partition coefficient (Wildman–Crippen LogP) is 3.73. The van der Waals surface area contributed by atoms with Gasteiger partial charge < -0.3 is 15.2 Å². The topological polar surface area (TPSA) is 71.8 Å². The molecule has 7 heteroatoms. The maximum absolute atomic E-state index is 13.4. The minimum Gasteiger partial charge on any atom is -0.365 e. The van der Waals surface area contributed by atoms with Gasteiger partial charge in [-0.1, -0.05) is 0 Å². The third-order valence-corrected chi connectivity index (χ3v) is 3.86. The highest BCUT2D eigenvalue weighted by Gasteiger charge is 2.17. The maximum Gasteiger partial charge on any atom is 0.261 e. The summed E-state index contributed by atoms with van der Waals surface area (Å²) in [7, 11) is 1.71. The molecule has 6 nitrogen and oxygen atoms in total. The monoisotopic (exact) mass is 355 g/mol. The fourth-order valence-corrected chi connectivity index (χ4v) is 2.61. The number of aromatic nitrogens is 3. The molecule has 0 radical (unpaired) electrons. The smallest absolute Gasteiger partial charge is 0.261 e. The Balaban J connectivity index is 2.13. The molecule has 0 saturated heterocycles. The van der Waals surface area contributed by atoms with Crippen LogP contribution in [0.15, 0.2) is 35.4 Å². The first-order valence-corrected chi connectivity index (χ1v) is 8.32. The van der Waals surface area contributed by atoms with Crippen LogP contribution in [0, 0.1) is 12.7 Å². The lowest BCUT2D eigenvalue weighted by atomic mass is 10.1. The van der Waals surface area contributed by atoms with Crippen molar-refractivity contribution in [3.8, 4) is 0 Å². The largest absolute Gasteiger partial charge is 0.365 e. The van der Waals surface area contributed by atoms with Crippen LogP contribution in [-0.4, -0.2) is 20.1 Å². The first kappa shape index (κ1) is 17.8.